The van der Waals surface area contributed by atoms with Gasteiger partial charge in [0.15, 0.2) is 12.0 Å². The van der Waals surface area contributed by atoms with Gasteiger partial charge in [-0.15, -0.1) is 0 Å². The first-order valence-electron chi connectivity index (χ1n) is 12.1. The van der Waals surface area contributed by atoms with Gasteiger partial charge in [0, 0.05) is 7.11 Å². The maximum Gasteiger partial charge on any atom is 0.338 e. The molecule has 0 N–H and O–H groups in total. The second-order valence-corrected chi connectivity index (χ2v) is 8.51. The molecular weight excluding hydrogens is 483 g/mol. The van der Waals surface area contributed by atoms with Crippen LogP contribution in [0.5, 0.6) is 0 Å². The summed E-state index contributed by atoms with van der Waals surface area (Å²) < 4.78 is 32.4. The van der Waals surface area contributed by atoms with Crippen LogP contribution in [0.1, 0.15) is 27.0 Å². The maximum atomic E-state index is 14.8. The van der Waals surface area contributed by atoms with Crippen LogP contribution in [-0.2, 0) is 24.6 Å². The molecule has 4 aromatic carbocycles. The topological polar surface area (TPSA) is 61.8 Å². The van der Waals surface area contributed by atoms with E-state index in [1.165, 1.54) is 25.2 Å². The Hall–Kier alpha value is -4.35. The molecule has 0 spiro atoms. The van der Waals surface area contributed by atoms with Crippen molar-refractivity contribution in [1.82, 2.24) is 0 Å². The van der Waals surface area contributed by atoms with Crippen molar-refractivity contribution in [2.24, 2.45) is 0 Å². The summed E-state index contributed by atoms with van der Waals surface area (Å²) in [7, 11) is 1.34. The summed E-state index contributed by atoms with van der Waals surface area (Å²) in [4.78, 5) is 24.1. The van der Waals surface area contributed by atoms with Gasteiger partial charge < -0.3 is 14.2 Å². The molecular formula is C32H27FO5. The second kappa shape index (κ2) is 12.7. The molecule has 0 radical (unpaired) electrons. The number of halogens is 1. The lowest BCUT2D eigenvalue weighted by Gasteiger charge is -2.37. The number of ether oxygens (including phenoxy) is 3. The minimum absolute atomic E-state index is 0.208. The number of rotatable bonds is 11. The molecule has 0 aliphatic heterocycles. The fraction of sp³-hybridized carbons (Fsp3) is 0.156. The van der Waals surface area contributed by atoms with Crippen LogP contribution in [0.4, 0.5) is 4.39 Å². The standard InChI is InChI=1S/C32H27FO5/c1-36-29(30(28(33)22-34)38-31(35)24-14-6-2-7-15-24)23-37-32(25-16-8-3-9-17-25,26-18-10-4-11-19-26)27-20-12-5-13-21-27/h2-21,29-30H,23H2,1H3/t29-,30-/m1/s1. The molecule has 4 rings (SSSR count). The van der Waals surface area contributed by atoms with Gasteiger partial charge >= 0.3 is 5.97 Å². The predicted octanol–water partition coefficient (Wildman–Crippen LogP) is 5.92. The minimum atomic E-state index is -1.66. The summed E-state index contributed by atoms with van der Waals surface area (Å²) in [5.74, 6) is -0.883. The summed E-state index contributed by atoms with van der Waals surface area (Å²) in [5.41, 5.74) is 1.58. The first kappa shape index (κ1) is 26.7. The molecule has 4 aromatic rings. The zero-order valence-electron chi connectivity index (χ0n) is 20.8. The minimum Gasteiger partial charge on any atom is -0.448 e. The number of esters is 1. The predicted molar refractivity (Wildman–Crippen MR) is 142 cm³/mol. The molecule has 0 aliphatic carbocycles. The Kier molecular flexibility index (Phi) is 8.96. The third-order valence-electron chi connectivity index (χ3n) is 6.24. The van der Waals surface area contributed by atoms with Gasteiger partial charge in [0.1, 0.15) is 11.7 Å². The largest absolute Gasteiger partial charge is 0.448 e. The Morgan fingerprint density at radius 3 is 1.58 bits per heavy atom. The van der Waals surface area contributed by atoms with E-state index in [2.05, 4.69) is 0 Å². The van der Waals surface area contributed by atoms with Gasteiger partial charge in [0.2, 0.25) is 5.83 Å². The van der Waals surface area contributed by atoms with Crippen molar-refractivity contribution in [3.05, 3.63) is 149 Å². The monoisotopic (exact) mass is 510 g/mol. The van der Waals surface area contributed by atoms with Crippen LogP contribution in [0.25, 0.3) is 0 Å². The van der Waals surface area contributed by atoms with Gasteiger partial charge in [-0.3, -0.25) is 0 Å². The Morgan fingerprint density at radius 2 is 1.18 bits per heavy atom. The lowest BCUT2D eigenvalue weighted by molar-refractivity contribution is -0.0930. The second-order valence-electron chi connectivity index (χ2n) is 8.51. The molecule has 5 nitrogen and oxygen atoms in total. The summed E-state index contributed by atoms with van der Waals surface area (Å²) >= 11 is 0. The van der Waals surface area contributed by atoms with Crippen molar-refractivity contribution >= 4 is 11.9 Å². The highest BCUT2D eigenvalue weighted by atomic mass is 19.1. The zero-order valence-corrected chi connectivity index (χ0v) is 20.8. The molecule has 0 saturated heterocycles. The fourth-order valence-electron chi connectivity index (χ4n) is 4.36. The van der Waals surface area contributed by atoms with E-state index in [0.29, 0.717) is 0 Å². The summed E-state index contributed by atoms with van der Waals surface area (Å²) in [6.45, 7) is -0.225. The fourth-order valence-corrected chi connectivity index (χ4v) is 4.36. The third kappa shape index (κ3) is 5.79. The van der Waals surface area contributed by atoms with Crippen LogP contribution < -0.4 is 0 Å². The van der Waals surface area contributed by atoms with Gasteiger partial charge in [0.25, 0.3) is 0 Å². The van der Waals surface area contributed by atoms with Gasteiger partial charge in [-0.25, -0.2) is 9.59 Å². The number of benzene rings is 4. The highest BCUT2D eigenvalue weighted by Crippen LogP contribution is 2.40. The van der Waals surface area contributed by atoms with Crippen molar-refractivity contribution in [1.29, 1.82) is 0 Å². The molecule has 0 amide bonds. The smallest absolute Gasteiger partial charge is 0.338 e. The third-order valence-corrected chi connectivity index (χ3v) is 6.24. The molecule has 0 unspecified atom stereocenters. The highest BCUT2D eigenvalue weighted by Gasteiger charge is 2.40. The molecule has 0 heterocycles. The Balaban J connectivity index is 1.74. The van der Waals surface area contributed by atoms with Gasteiger partial charge in [-0.1, -0.05) is 109 Å². The SMILES string of the molecule is CO[C@H](COC(c1ccccc1)(c1ccccc1)c1ccccc1)[C@H](OC(=O)c1ccccc1)C(F)=C=O. The molecule has 0 saturated carbocycles. The van der Waals surface area contributed by atoms with E-state index in [9.17, 15) is 14.0 Å². The molecule has 0 fully saturated rings. The Bertz CT molecular complexity index is 1260. The number of hydrogen-bond donors (Lipinski definition) is 0. The van der Waals surface area contributed by atoms with E-state index in [0.717, 1.165) is 16.7 Å². The molecule has 38 heavy (non-hydrogen) atoms. The molecule has 2 atom stereocenters. The van der Waals surface area contributed by atoms with E-state index < -0.39 is 29.6 Å². The van der Waals surface area contributed by atoms with Crippen LogP contribution in [0.2, 0.25) is 0 Å². The molecule has 0 aromatic heterocycles. The maximum absolute atomic E-state index is 14.8. The molecule has 192 valence electrons. The highest BCUT2D eigenvalue weighted by molar-refractivity contribution is 5.89. The van der Waals surface area contributed by atoms with Gasteiger partial charge in [-0.2, -0.15) is 4.39 Å². The van der Waals surface area contributed by atoms with Crippen molar-refractivity contribution in [3.8, 4) is 0 Å². The quantitative estimate of drug-likeness (QED) is 0.142. The first-order chi connectivity index (χ1) is 18.6. The van der Waals surface area contributed by atoms with Crippen LogP contribution in [0, 0.1) is 0 Å². The van der Waals surface area contributed by atoms with Crippen LogP contribution >= 0.6 is 0 Å². The van der Waals surface area contributed by atoms with Crippen molar-refractivity contribution in [2.45, 2.75) is 17.8 Å². The van der Waals surface area contributed by atoms with E-state index >= 15 is 0 Å². The average Bonchev–Trinajstić information content (AvgIpc) is 3.00. The van der Waals surface area contributed by atoms with E-state index in [4.69, 9.17) is 14.2 Å². The van der Waals surface area contributed by atoms with Crippen LogP contribution in [0.15, 0.2) is 127 Å². The molecule has 6 heteroatoms. The van der Waals surface area contributed by atoms with E-state index in [1.54, 1.807) is 18.2 Å². The Morgan fingerprint density at radius 1 is 0.763 bits per heavy atom. The number of methoxy groups -OCH3 is 1. The molecule has 0 bridgehead atoms. The zero-order chi connectivity index (χ0) is 26.8. The van der Waals surface area contributed by atoms with Gasteiger partial charge in [0.05, 0.1) is 12.2 Å². The summed E-state index contributed by atoms with van der Waals surface area (Å²) in [6, 6.07) is 37.0. The average molecular weight is 511 g/mol. The lowest BCUT2D eigenvalue weighted by Crippen LogP contribution is -2.42. The normalized spacial score (nSPS) is 12.7. The lowest BCUT2D eigenvalue weighted by atomic mass is 9.80. The van der Waals surface area contributed by atoms with Gasteiger partial charge in [-0.05, 0) is 28.8 Å². The first-order valence-corrected chi connectivity index (χ1v) is 12.1. The van der Waals surface area contributed by atoms with Crippen LogP contribution in [-0.4, -0.2) is 37.8 Å². The summed E-state index contributed by atoms with van der Waals surface area (Å²) in [6.07, 6.45) is -2.81. The summed E-state index contributed by atoms with van der Waals surface area (Å²) in [5, 5.41) is 0. The van der Waals surface area contributed by atoms with Crippen molar-refractivity contribution in [2.75, 3.05) is 13.7 Å². The number of hydrogen-bond acceptors (Lipinski definition) is 5. The number of carbonyl (C=O) groups excluding carboxylic acids is 2. The number of carbonyl (C=O) groups is 1. The van der Waals surface area contributed by atoms with E-state index in [-0.39, 0.29) is 12.2 Å². The van der Waals surface area contributed by atoms with Crippen molar-refractivity contribution < 1.29 is 28.2 Å². The Labute approximate surface area is 221 Å². The van der Waals surface area contributed by atoms with E-state index in [1.807, 2.05) is 91.0 Å². The molecule has 0 aliphatic rings. The van der Waals surface area contributed by atoms with Crippen LogP contribution in [0.3, 0.4) is 0 Å². The van der Waals surface area contributed by atoms with Crippen molar-refractivity contribution in [3.63, 3.8) is 0 Å².